The summed E-state index contributed by atoms with van der Waals surface area (Å²) in [4.78, 5) is 12.0. The van der Waals surface area contributed by atoms with E-state index in [9.17, 15) is 4.79 Å². The van der Waals surface area contributed by atoms with Crippen molar-refractivity contribution in [2.45, 2.75) is 19.6 Å². The molecule has 20 heavy (non-hydrogen) atoms. The van der Waals surface area contributed by atoms with Gasteiger partial charge in [0.15, 0.2) is 6.10 Å². The molecule has 0 aliphatic carbocycles. The summed E-state index contributed by atoms with van der Waals surface area (Å²) in [7, 11) is 0. The highest BCUT2D eigenvalue weighted by Crippen LogP contribution is 2.15. The van der Waals surface area contributed by atoms with Gasteiger partial charge in [-0.3, -0.25) is 4.79 Å². The molecule has 1 atom stereocenters. The molecular formula is C16H18N2O2. The Hall–Kier alpha value is -2.33. The third-order valence-electron chi connectivity index (χ3n) is 2.86. The molecule has 4 nitrogen and oxygen atoms in total. The quantitative estimate of drug-likeness (QED) is 0.877. The van der Waals surface area contributed by atoms with Crippen molar-refractivity contribution in [2.75, 3.05) is 5.32 Å². The highest BCUT2D eigenvalue weighted by molar-refractivity contribution is 5.94. The minimum absolute atomic E-state index is 0.186. The van der Waals surface area contributed by atoms with Crippen molar-refractivity contribution in [3.63, 3.8) is 0 Å². The lowest BCUT2D eigenvalue weighted by Crippen LogP contribution is -2.30. The van der Waals surface area contributed by atoms with Crippen LogP contribution in [0.2, 0.25) is 0 Å². The number of nitrogens with two attached hydrogens (primary N) is 1. The van der Waals surface area contributed by atoms with E-state index < -0.39 is 6.10 Å². The van der Waals surface area contributed by atoms with Gasteiger partial charge in [-0.15, -0.1) is 0 Å². The number of carbonyl (C=O) groups is 1. The van der Waals surface area contributed by atoms with Gasteiger partial charge < -0.3 is 15.8 Å². The largest absolute Gasteiger partial charge is 0.481 e. The van der Waals surface area contributed by atoms with E-state index in [2.05, 4.69) is 5.32 Å². The number of benzene rings is 2. The molecule has 2 rings (SSSR count). The topological polar surface area (TPSA) is 64.3 Å². The van der Waals surface area contributed by atoms with Crippen molar-refractivity contribution in [1.82, 2.24) is 0 Å². The standard InChI is InChI=1S/C16H18N2O2/c1-12(16(19)18-14-7-3-2-4-8-14)20-15-9-5-6-13(10-15)11-17/h2-10,12H,11,17H2,1H3,(H,18,19). The van der Waals surface area contributed by atoms with E-state index in [-0.39, 0.29) is 5.91 Å². The van der Waals surface area contributed by atoms with Crippen LogP contribution in [-0.2, 0) is 11.3 Å². The summed E-state index contributed by atoms with van der Waals surface area (Å²) in [5.41, 5.74) is 7.30. The van der Waals surface area contributed by atoms with E-state index in [1.807, 2.05) is 54.6 Å². The SMILES string of the molecule is CC(Oc1cccc(CN)c1)C(=O)Nc1ccccc1. The maximum Gasteiger partial charge on any atom is 0.265 e. The van der Waals surface area contributed by atoms with Crippen LogP contribution in [0.1, 0.15) is 12.5 Å². The monoisotopic (exact) mass is 270 g/mol. The van der Waals surface area contributed by atoms with Gasteiger partial charge in [-0.2, -0.15) is 0 Å². The van der Waals surface area contributed by atoms with E-state index in [0.29, 0.717) is 12.3 Å². The maximum absolute atomic E-state index is 12.0. The average Bonchev–Trinajstić information content (AvgIpc) is 2.48. The zero-order chi connectivity index (χ0) is 14.4. The van der Waals surface area contributed by atoms with E-state index in [1.54, 1.807) is 6.92 Å². The predicted octanol–water partition coefficient (Wildman–Crippen LogP) is 2.55. The molecule has 2 aromatic carbocycles. The summed E-state index contributed by atoms with van der Waals surface area (Å²) in [6.45, 7) is 2.16. The van der Waals surface area contributed by atoms with Gasteiger partial charge in [0.05, 0.1) is 0 Å². The van der Waals surface area contributed by atoms with Crippen molar-refractivity contribution >= 4 is 11.6 Å². The van der Waals surface area contributed by atoms with Crippen LogP contribution in [0.4, 0.5) is 5.69 Å². The molecule has 0 fully saturated rings. The number of amides is 1. The van der Waals surface area contributed by atoms with Crippen molar-refractivity contribution < 1.29 is 9.53 Å². The van der Waals surface area contributed by atoms with Crippen molar-refractivity contribution in [1.29, 1.82) is 0 Å². The molecule has 0 aliphatic heterocycles. The lowest BCUT2D eigenvalue weighted by atomic mass is 10.2. The van der Waals surface area contributed by atoms with Crippen LogP contribution in [0.3, 0.4) is 0 Å². The highest BCUT2D eigenvalue weighted by atomic mass is 16.5. The lowest BCUT2D eigenvalue weighted by Gasteiger charge is -2.15. The minimum Gasteiger partial charge on any atom is -0.481 e. The third-order valence-corrected chi connectivity index (χ3v) is 2.86. The molecule has 4 heteroatoms. The zero-order valence-electron chi connectivity index (χ0n) is 11.4. The second kappa shape index (κ2) is 6.73. The first-order valence-electron chi connectivity index (χ1n) is 6.50. The third kappa shape index (κ3) is 3.83. The van der Waals surface area contributed by atoms with Crippen molar-refractivity contribution in [3.05, 3.63) is 60.2 Å². The number of para-hydroxylation sites is 1. The van der Waals surface area contributed by atoms with Crippen LogP contribution < -0.4 is 15.8 Å². The summed E-state index contributed by atoms with van der Waals surface area (Å²) in [6, 6.07) is 16.7. The fourth-order valence-electron chi connectivity index (χ4n) is 1.77. The van der Waals surface area contributed by atoms with Gasteiger partial charge in [-0.25, -0.2) is 0 Å². The van der Waals surface area contributed by atoms with Crippen LogP contribution in [0, 0.1) is 0 Å². The second-order valence-electron chi connectivity index (χ2n) is 4.47. The number of carbonyl (C=O) groups excluding carboxylic acids is 1. The Morgan fingerprint density at radius 1 is 1.20 bits per heavy atom. The molecule has 0 spiro atoms. The van der Waals surface area contributed by atoms with Crippen LogP contribution in [-0.4, -0.2) is 12.0 Å². The molecule has 0 saturated carbocycles. The average molecular weight is 270 g/mol. The molecule has 0 radical (unpaired) electrons. The van der Waals surface area contributed by atoms with Crippen LogP contribution in [0.5, 0.6) is 5.75 Å². The van der Waals surface area contributed by atoms with Crippen LogP contribution >= 0.6 is 0 Å². The number of anilines is 1. The Morgan fingerprint density at radius 2 is 1.95 bits per heavy atom. The number of hydrogen-bond acceptors (Lipinski definition) is 3. The minimum atomic E-state index is -0.580. The summed E-state index contributed by atoms with van der Waals surface area (Å²) in [5.74, 6) is 0.456. The fraction of sp³-hybridized carbons (Fsp3) is 0.188. The summed E-state index contributed by atoms with van der Waals surface area (Å²) in [5, 5.41) is 2.80. The Bertz CT molecular complexity index is 570. The Kier molecular flexibility index (Phi) is 4.74. The highest BCUT2D eigenvalue weighted by Gasteiger charge is 2.14. The van der Waals surface area contributed by atoms with Gasteiger partial charge in [-0.05, 0) is 36.8 Å². The first kappa shape index (κ1) is 14.1. The van der Waals surface area contributed by atoms with Crippen molar-refractivity contribution in [3.8, 4) is 5.75 Å². The fourth-order valence-corrected chi connectivity index (χ4v) is 1.77. The molecule has 0 bridgehead atoms. The van der Waals surface area contributed by atoms with Gasteiger partial charge >= 0.3 is 0 Å². The summed E-state index contributed by atoms with van der Waals surface area (Å²) < 4.78 is 5.62. The smallest absolute Gasteiger partial charge is 0.265 e. The van der Waals surface area contributed by atoms with E-state index in [1.165, 1.54) is 0 Å². The van der Waals surface area contributed by atoms with Crippen molar-refractivity contribution in [2.24, 2.45) is 5.73 Å². The van der Waals surface area contributed by atoms with Gasteiger partial charge in [-0.1, -0.05) is 30.3 Å². The summed E-state index contributed by atoms with van der Waals surface area (Å²) in [6.07, 6.45) is -0.580. The molecule has 1 amide bonds. The van der Waals surface area contributed by atoms with Gasteiger partial charge in [0.25, 0.3) is 5.91 Å². The van der Waals surface area contributed by atoms with Gasteiger partial charge in [0.1, 0.15) is 5.75 Å². The first-order valence-corrected chi connectivity index (χ1v) is 6.50. The van der Waals surface area contributed by atoms with Gasteiger partial charge in [0, 0.05) is 12.2 Å². The molecule has 1 unspecified atom stereocenters. The second-order valence-corrected chi connectivity index (χ2v) is 4.47. The molecule has 104 valence electrons. The Labute approximate surface area is 118 Å². The Morgan fingerprint density at radius 3 is 2.65 bits per heavy atom. The first-order chi connectivity index (χ1) is 9.69. The molecule has 2 aromatic rings. The normalized spacial score (nSPS) is 11.7. The molecule has 0 aliphatic rings. The Balaban J connectivity index is 1.97. The molecule has 0 heterocycles. The van der Waals surface area contributed by atoms with Crippen LogP contribution in [0.15, 0.2) is 54.6 Å². The zero-order valence-corrected chi connectivity index (χ0v) is 11.4. The molecule has 0 saturated heterocycles. The number of hydrogen-bond donors (Lipinski definition) is 2. The van der Waals surface area contributed by atoms with E-state index >= 15 is 0 Å². The summed E-state index contributed by atoms with van der Waals surface area (Å²) >= 11 is 0. The van der Waals surface area contributed by atoms with E-state index in [0.717, 1.165) is 11.3 Å². The van der Waals surface area contributed by atoms with Gasteiger partial charge in [0.2, 0.25) is 0 Å². The maximum atomic E-state index is 12.0. The number of ether oxygens (including phenoxy) is 1. The van der Waals surface area contributed by atoms with Crippen LogP contribution in [0.25, 0.3) is 0 Å². The molecular weight excluding hydrogens is 252 g/mol. The molecule has 0 aromatic heterocycles. The predicted molar refractivity (Wildman–Crippen MR) is 79.5 cm³/mol. The number of rotatable bonds is 5. The van der Waals surface area contributed by atoms with E-state index in [4.69, 9.17) is 10.5 Å². The number of nitrogens with one attached hydrogen (secondary N) is 1. The lowest BCUT2D eigenvalue weighted by molar-refractivity contribution is -0.122. The molecule has 3 N–H and O–H groups in total.